The molecule has 1 saturated heterocycles. The molecule has 0 saturated carbocycles. The van der Waals surface area contributed by atoms with Crippen molar-refractivity contribution in [1.29, 1.82) is 0 Å². The first-order chi connectivity index (χ1) is 9.17. The molecule has 1 aromatic carbocycles. The van der Waals surface area contributed by atoms with Crippen molar-refractivity contribution in [2.45, 2.75) is 6.54 Å². The maximum absolute atomic E-state index is 11.9. The molecule has 0 bridgehead atoms. The lowest BCUT2D eigenvalue weighted by atomic mass is 10.2. The third kappa shape index (κ3) is 4.41. The minimum absolute atomic E-state index is 0.0341. The Bertz CT molecular complexity index is 451. The maximum Gasteiger partial charge on any atom is 0.238 e. The van der Waals surface area contributed by atoms with E-state index in [2.05, 4.69) is 5.32 Å². The second-order valence-electron chi connectivity index (χ2n) is 4.57. The number of benzene rings is 1. The van der Waals surface area contributed by atoms with Crippen molar-refractivity contribution in [3.63, 3.8) is 0 Å². The molecular formula is C13H19N3O2S. The van der Waals surface area contributed by atoms with E-state index in [-0.39, 0.29) is 5.91 Å². The van der Waals surface area contributed by atoms with Gasteiger partial charge in [-0.05, 0) is 17.7 Å². The van der Waals surface area contributed by atoms with Gasteiger partial charge in [0.2, 0.25) is 5.91 Å². The van der Waals surface area contributed by atoms with Crippen molar-refractivity contribution in [3.05, 3.63) is 29.8 Å². The van der Waals surface area contributed by atoms with Crippen LogP contribution in [0.1, 0.15) is 5.56 Å². The van der Waals surface area contributed by atoms with Crippen molar-refractivity contribution in [2.75, 3.05) is 36.5 Å². The highest BCUT2D eigenvalue weighted by Crippen LogP contribution is 2.09. The van der Waals surface area contributed by atoms with Crippen LogP contribution in [0.3, 0.4) is 0 Å². The van der Waals surface area contributed by atoms with E-state index in [1.807, 2.05) is 29.2 Å². The van der Waals surface area contributed by atoms with Crippen molar-refractivity contribution in [2.24, 2.45) is 5.73 Å². The number of nitrogens with one attached hydrogen (secondary N) is 1. The van der Waals surface area contributed by atoms with Gasteiger partial charge in [0, 0.05) is 47.6 Å². The molecule has 1 aliphatic heterocycles. The predicted octanol–water partition coefficient (Wildman–Crippen LogP) is 0.148. The lowest BCUT2D eigenvalue weighted by molar-refractivity contribution is -0.117. The van der Waals surface area contributed by atoms with Crippen molar-refractivity contribution in [1.82, 2.24) is 4.90 Å². The number of nitrogens with zero attached hydrogens (tertiary/aromatic N) is 1. The summed E-state index contributed by atoms with van der Waals surface area (Å²) in [6, 6.07) is 7.51. The molecule has 2 rings (SSSR count). The summed E-state index contributed by atoms with van der Waals surface area (Å²) in [6.45, 7) is 2.31. The summed E-state index contributed by atoms with van der Waals surface area (Å²) in [6.07, 6.45) is 0. The van der Waals surface area contributed by atoms with Crippen LogP contribution in [0, 0.1) is 0 Å². The molecule has 1 aromatic rings. The summed E-state index contributed by atoms with van der Waals surface area (Å²) in [5, 5.41) is 2.85. The first kappa shape index (κ1) is 14.2. The smallest absolute Gasteiger partial charge is 0.238 e. The Morgan fingerprint density at radius 3 is 2.47 bits per heavy atom. The van der Waals surface area contributed by atoms with Crippen LogP contribution in [0.25, 0.3) is 0 Å². The van der Waals surface area contributed by atoms with E-state index in [1.54, 1.807) is 0 Å². The first-order valence-electron chi connectivity index (χ1n) is 6.33. The van der Waals surface area contributed by atoms with Gasteiger partial charge in [-0.2, -0.15) is 0 Å². The molecule has 0 aliphatic carbocycles. The van der Waals surface area contributed by atoms with E-state index >= 15 is 0 Å². The third-order valence-corrected chi connectivity index (χ3v) is 4.39. The molecular weight excluding hydrogens is 262 g/mol. The predicted molar refractivity (Wildman–Crippen MR) is 77.3 cm³/mol. The van der Waals surface area contributed by atoms with E-state index in [1.165, 1.54) is 0 Å². The number of rotatable bonds is 4. The summed E-state index contributed by atoms with van der Waals surface area (Å²) in [5.41, 5.74) is 7.34. The summed E-state index contributed by atoms with van der Waals surface area (Å²) in [4.78, 5) is 13.9. The minimum atomic E-state index is -0.703. The molecule has 5 nitrogen and oxygen atoms in total. The van der Waals surface area contributed by atoms with Crippen molar-refractivity contribution >= 4 is 22.4 Å². The molecule has 1 amide bonds. The zero-order chi connectivity index (χ0) is 13.7. The maximum atomic E-state index is 11.9. The number of hydrogen-bond donors (Lipinski definition) is 2. The average molecular weight is 281 g/mol. The molecule has 0 aromatic heterocycles. The van der Waals surface area contributed by atoms with Gasteiger partial charge in [-0.3, -0.25) is 13.9 Å². The van der Waals surface area contributed by atoms with Crippen LogP contribution in [0.2, 0.25) is 0 Å². The molecule has 1 heterocycles. The lowest BCUT2D eigenvalue weighted by Crippen LogP contribution is -2.42. The van der Waals surface area contributed by atoms with Crippen LogP contribution >= 0.6 is 0 Å². The molecule has 6 heteroatoms. The van der Waals surface area contributed by atoms with Crippen LogP contribution in [0.5, 0.6) is 0 Å². The van der Waals surface area contributed by atoms with E-state index in [9.17, 15) is 9.00 Å². The minimum Gasteiger partial charge on any atom is -0.326 e. The van der Waals surface area contributed by atoms with Gasteiger partial charge >= 0.3 is 0 Å². The molecule has 0 radical (unpaired) electrons. The molecule has 1 fully saturated rings. The van der Waals surface area contributed by atoms with Gasteiger partial charge in [0.15, 0.2) is 0 Å². The Hall–Kier alpha value is -1.24. The fraction of sp³-hybridized carbons (Fsp3) is 0.462. The first-order valence-corrected chi connectivity index (χ1v) is 7.82. The molecule has 3 N–H and O–H groups in total. The van der Waals surface area contributed by atoms with Crippen LogP contribution in [-0.4, -0.2) is 46.2 Å². The van der Waals surface area contributed by atoms with E-state index in [4.69, 9.17) is 5.73 Å². The SMILES string of the molecule is NCc1ccc(NC(=O)CN2CCS(=O)CC2)cc1. The summed E-state index contributed by atoms with van der Waals surface area (Å²) in [7, 11) is -0.703. The van der Waals surface area contributed by atoms with Crippen molar-refractivity contribution < 1.29 is 9.00 Å². The highest BCUT2D eigenvalue weighted by atomic mass is 32.2. The van der Waals surface area contributed by atoms with Crippen LogP contribution in [-0.2, 0) is 22.1 Å². The quantitative estimate of drug-likeness (QED) is 0.823. The number of nitrogens with two attached hydrogens (primary N) is 1. The third-order valence-electron chi connectivity index (χ3n) is 3.11. The molecule has 0 atom stereocenters. The summed E-state index contributed by atoms with van der Waals surface area (Å²) < 4.78 is 11.2. The Morgan fingerprint density at radius 2 is 1.89 bits per heavy atom. The van der Waals surface area contributed by atoms with E-state index < -0.39 is 10.8 Å². The largest absolute Gasteiger partial charge is 0.326 e. The summed E-state index contributed by atoms with van der Waals surface area (Å²) in [5.74, 6) is 1.30. The van der Waals surface area contributed by atoms with Crippen molar-refractivity contribution in [3.8, 4) is 0 Å². The van der Waals surface area contributed by atoms with Gasteiger partial charge in [-0.1, -0.05) is 12.1 Å². The number of amides is 1. The molecule has 1 aliphatic rings. The standard InChI is InChI=1S/C13H19N3O2S/c14-9-11-1-3-12(4-2-11)15-13(17)10-16-5-7-19(18)8-6-16/h1-4H,5-10,14H2,(H,15,17). The van der Waals surface area contributed by atoms with Gasteiger partial charge in [0.25, 0.3) is 0 Å². The Labute approximate surface area is 115 Å². The highest BCUT2D eigenvalue weighted by molar-refractivity contribution is 7.85. The summed E-state index contributed by atoms with van der Waals surface area (Å²) >= 11 is 0. The fourth-order valence-electron chi connectivity index (χ4n) is 1.96. The number of anilines is 1. The van der Waals surface area contributed by atoms with Gasteiger partial charge < -0.3 is 11.1 Å². The number of hydrogen-bond acceptors (Lipinski definition) is 4. The van der Waals surface area contributed by atoms with Crippen LogP contribution in [0.15, 0.2) is 24.3 Å². The molecule has 0 spiro atoms. The van der Waals surface area contributed by atoms with Gasteiger partial charge in [-0.25, -0.2) is 0 Å². The lowest BCUT2D eigenvalue weighted by Gasteiger charge is -2.25. The topological polar surface area (TPSA) is 75.4 Å². The van der Waals surface area contributed by atoms with Crippen LogP contribution in [0.4, 0.5) is 5.69 Å². The second kappa shape index (κ2) is 6.79. The Kier molecular flexibility index (Phi) is 5.07. The Morgan fingerprint density at radius 1 is 1.26 bits per heavy atom. The molecule has 19 heavy (non-hydrogen) atoms. The Balaban J connectivity index is 1.81. The zero-order valence-electron chi connectivity index (χ0n) is 10.8. The number of carbonyl (C=O) groups is 1. The monoisotopic (exact) mass is 281 g/mol. The van der Waals surface area contributed by atoms with E-state index in [0.29, 0.717) is 24.6 Å². The number of carbonyl (C=O) groups excluding carboxylic acids is 1. The second-order valence-corrected chi connectivity index (χ2v) is 6.27. The molecule has 104 valence electrons. The molecule has 0 unspecified atom stereocenters. The zero-order valence-corrected chi connectivity index (χ0v) is 11.6. The van der Waals surface area contributed by atoms with Crippen LogP contribution < -0.4 is 11.1 Å². The average Bonchev–Trinajstić information content (AvgIpc) is 2.42. The highest BCUT2D eigenvalue weighted by Gasteiger charge is 2.17. The normalized spacial score (nSPS) is 17.3. The van der Waals surface area contributed by atoms with Gasteiger partial charge in [-0.15, -0.1) is 0 Å². The fourth-order valence-corrected chi connectivity index (χ4v) is 3.09. The van der Waals surface area contributed by atoms with Gasteiger partial charge in [0.05, 0.1) is 6.54 Å². The van der Waals surface area contributed by atoms with Gasteiger partial charge in [0.1, 0.15) is 0 Å². The van der Waals surface area contributed by atoms with E-state index in [0.717, 1.165) is 24.3 Å².